The SMILES string of the molecule is CC1C=CCc2[nH]c(=O)c3c(c21)OCC(O)C3. The molecule has 17 heavy (non-hydrogen) atoms. The number of aromatic nitrogens is 1. The summed E-state index contributed by atoms with van der Waals surface area (Å²) in [5, 5.41) is 9.56. The number of H-pyrrole nitrogens is 1. The van der Waals surface area contributed by atoms with Gasteiger partial charge in [-0.1, -0.05) is 19.1 Å². The van der Waals surface area contributed by atoms with Gasteiger partial charge >= 0.3 is 0 Å². The average molecular weight is 233 g/mol. The highest BCUT2D eigenvalue weighted by Gasteiger charge is 2.28. The van der Waals surface area contributed by atoms with Crippen molar-refractivity contribution in [1.29, 1.82) is 0 Å². The van der Waals surface area contributed by atoms with Crippen LogP contribution in [0, 0.1) is 0 Å². The molecule has 1 aliphatic carbocycles. The standard InChI is InChI=1S/C13H15NO3/c1-7-3-2-4-10-11(7)12-9(13(16)14-10)5-8(15)6-17-12/h2-3,7-8,15H,4-6H2,1H3,(H,14,16). The molecule has 2 heterocycles. The van der Waals surface area contributed by atoms with Gasteiger partial charge < -0.3 is 14.8 Å². The zero-order valence-electron chi connectivity index (χ0n) is 9.69. The number of hydrogen-bond acceptors (Lipinski definition) is 3. The van der Waals surface area contributed by atoms with Crippen molar-refractivity contribution in [3.63, 3.8) is 0 Å². The summed E-state index contributed by atoms with van der Waals surface area (Å²) in [5.74, 6) is 0.950. The van der Waals surface area contributed by atoms with Crippen molar-refractivity contribution in [2.75, 3.05) is 6.61 Å². The predicted octanol–water partition coefficient (Wildman–Crippen LogP) is 0.887. The van der Waals surface area contributed by atoms with E-state index in [4.69, 9.17) is 4.74 Å². The lowest BCUT2D eigenvalue weighted by atomic mass is 9.89. The lowest BCUT2D eigenvalue weighted by Crippen LogP contribution is -2.33. The minimum absolute atomic E-state index is 0.125. The van der Waals surface area contributed by atoms with Crippen LogP contribution in [0.5, 0.6) is 5.75 Å². The van der Waals surface area contributed by atoms with Gasteiger partial charge in [-0.2, -0.15) is 0 Å². The van der Waals surface area contributed by atoms with Crippen LogP contribution in [0.4, 0.5) is 0 Å². The molecule has 2 aliphatic rings. The Morgan fingerprint density at radius 1 is 1.53 bits per heavy atom. The predicted molar refractivity (Wildman–Crippen MR) is 63.5 cm³/mol. The molecule has 2 N–H and O–H groups in total. The Balaban J connectivity index is 2.23. The summed E-state index contributed by atoms with van der Waals surface area (Å²) < 4.78 is 5.58. The van der Waals surface area contributed by atoms with E-state index in [1.807, 2.05) is 0 Å². The normalized spacial score (nSPS) is 26.0. The zero-order chi connectivity index (χ0) is 12.0. The monoisotopic (exact) mass is 233 g/mol. The Kier molecular flexibility index (Phi) is 2.33. The molecule has 0 bridgehead atoms. The second-order valence-corrected chi connectivity index (χ2v) is 4.74. The van der Waals surface area contributed by atoms with Crippen LogP contribution in [-0.2, 0) is 12.8 Å². The molecule has 1 aromatic heterocycles. The minimum atomic E-state index is -0.573. The first kappa shape index (κ1) is 10.6. The van der Waals surface area contributed by atoms with E-state index in [9.17, 15) is 9.90 Å². The molecular weight excluding hydrogens is 218 g/mol. The van der Waals surface area contributed by atoms with E-state index < -0.39 is 6.10 Å². The molecule has 90 valence electrons. The summed E-state index contributed by atoms with van der Waals surface area (Å²) in [6.45, 7) is 2.36. The van der Waals surface area contributed by atoms with E-state index in [2.05, 4.69) is 24.1 Å². The molecule has 4 nitrogen and oxygen atoms in total. The fourth-order valence-corrected chi connectivity index (χ4v) is 2.64. The fraction of sp³-hybridized carbons (Fsp3) is 0.462. The molecule has 4 heteroatoms. The van der Waals surface area contributed by atoms with Crippen molar-refractivity contribution < 1.29 is 9.84 Å². The number of aliphatic hydroxyl groups excluding tert-OH is 1. The van der Waals surface area contributed by atoms with Crippen LogP contribution in [0.2, 0.25) is 0 Å². The van der Waals surface area contributed by atoms with Gasteiger partial charge in [0.25, 0.3) is 5.56 Å². The van der Waals surface area contributed by atoms with Gasteiger partial charge in [0.1, 0.15) is 12.4 Å². The second kappa shape index (κ2) is 3.74. The molecule has 2 unspecified atom stereocenters. The minimum Gasteiger partial charge on any atom is -0.490 e. The number of allylic oxidation sites excluding steroid dienone is 2. The number of rotatable bonds is 0. The Bertz CT molecular complexity index is 544. The van der Waals surface area contributed by atoms with Crippen LogP contribution >= 0.6 is 0 Å². The molecule has 0 fully saturated rings. The summed E-state index contributed by atoms with van der Waals surface area (Å²) in [6.07, 6.45) is 4.74. The lowest BCUT2D eigenvalue weighted by molar-refractivity contribution is 0.0904. The Hall–Kier alpha value is -1.55. The van der Waals surface area contributed by atoms with Crippen molar-refractivity contribution in [1.82, 2.24) is 4.98 Å². The topological polar surface area (TPSA) is 62.3 Å². The molecular formula is C13H15NO3. The number of pyridine rings is 1. The summed E-state index contributed by atoms with van der Waals surface area (Å²) in [7, 11) is 0. The van der Waals surface area contributed by atoms with Crippen LogP contribution in [0.15, 0.2) is 16.9 Å². The third-order valence-electron chi connectivity index (χ3n) is 3.44. The maximum absolute atomic E-state index is 11.9. The molecule has 0 aromatic carbocycles. The van der Waals surface area contributed by atoms with Gasteiger partial charge in [0.05, 0.1) is 11.7 Å². The summed E-state index contributed by atoms with van der Waals surface area (Å²) in [6, 6.07) is 0. The number of fused-ring (bicyclic) bond motifs is 3. The largest absolute Gasteiger partial charge is 0.490 e. The van der Waals surface area contributed by atoms with Crippen LogP contribution in [0.25, 0.3) is 0 Å². The van der Waals surface area contributed by atoms with Gasteiger partial charge in [-0.25, -0.2) is 0 Å². The fourth-order valence-electron chi connectivity index (χ4n) is 2.64. The van der Waals surface area contributed by atoms with Gasteiger partial charge in [0, 0.05) is 30.0 Å². The molecule has 0 saturated heterocycles. The van der Waals surface area contributed by atoms with E-state index >= 15 is 0 Å². The second-order valence-electron chi connectivity index (χ2n) is 4.74. The van der Waals surface area contributed by atoms with Crippen LogP contribution in [0.3, 0.4) is 0 Å². The highest BCUT2D eigenvalue weighted by atomic mass is 16.5. The van der Waals surface area contributed by atoms with E-state index in [1.165, 1.54) is 0 Å². The van der Waals surface area contributed by atoms with Gasteiger partial charge in [0.15, 0.2) is 0 Å². The first-order valence-corrected chi connectivity index (χ1v) is 5.92. The van der Waals surface area contributed by atoms with Gasteiger partial charge in [0.2, 0.25) is 0 Å². The highest BCUT2D eigenvalue weighted by Crippen LogP contribution is 2.36. The van der Waals surface area contributed by atoms with Gasteiger partial charge in [-0.05, 0) is 0 Å². The Labute approximate surface area is 98.9 Å². The van der Waals surface area contributed by atoms with Crippen LogP contribution in [-0.4, -0.2) is 22.8 Å². The summed E-state index contributed by atoms with van der Waals surface area (Å²) in [5.41, 5.74) is 2.48. The third-order valence-corrected chi connectivity index (χ3v) is 3.44. The maximum atomic E-state index is 11.9. The molecule has 1 aliphatic heterocycles. The Morgan fingerprint density at radius 2 is 2.35 bits per heavy atom. The Morgan fingerprint density at radius 3 is 3.18 bits per heavy atom. The van der Waals surface area contributed by atoms with E-state index in [0.29, 0.717) is 17.7 Å². The number of nitrogens with one attached hydrogen (secondary N) is 1. The van der Waals surface area contributed by atoms with Gasteiger partial charge in [-0.3, -0.25) is 4.79 Å². The number of ether oxygens (including phenoxy) is 1. The molecule has 2 atom stereocenters. The summed E-state index contributed by atoms with van der Waals surface area (Å²) in [4.78, 5) is 14.8. The van der Waals surface area contributed by atoms with E-state index in [-0.39, 0.29) is 18.1 Å². The summed E-state index contributed by atoms with van der Waals surface area (Å²) >= 11 is 0. The lowest BCUT2D eigenvalue weighted by Gasteiger charge is -2.27. The van der Waals surface area contributed by atoms with E-state index in [0.717, 1.165) is 17.7 Å². The number of hydrogen-bond donors (Lipinski definition) is 2. The quantitative estimate of drug-likeness (QED) is 0.654. The van der Waals surface area contributed by atoms with Crippen molar-refractivity contribution in [2.24, 2.45) is 0 Å². The molecule has 0 amide bonds. The van der Waals surface area contributed by atoms with Crippen molar-refractivity contribution in [3.05, 3.63) is 39.3 Å². The number of aromatic amines is 1. The zero-order valence-corrected chi connectivity index (χ0v) is 9.69. The van der Waals surface area contributed by atoms with Gasteiger partial charge in [-0.15, -0.1) is 0 Å². The van der Waals surface area contributed by atoms with Crippen molar-refractivity contribution in [3.8, 4) is 5.75 Å². The van der Waals surface area contributed by atoms with E-state index in [1.54, 1.807) is 0 Å². The van der Waals surface area contributed by atoms with Crippen LogP contribution in [0.1, 0.15) is 29.7 Å². The molecule has 3 rings (SSSR count). The highest BCUT2D eigenvalue weighted by molar-refractivity contribution is 5.49. The number of aliphatic hydroxyl groups is 1. The van der Waals surface area contributed by atoms with Crippen LogP contribution < -0.4 is 10.3 Å². The molecule has 0 radical (unpaired) electrons. The smallest absolute Gasteiger partial charge is 0.255 e. The molecule has 0 saturated carbocycles. The third kappa shape index (κ3) is 1.60. The van der Waals surface area contributed by atoms with Crippen molar-refractivity contribution >= 4 is 0 Å². The molecule has 1 aromatic rings. The first-order valence-electron chi connectivity index (χ1n) is 5.92. The first-order chi connectivity index (χ1) is 8.16. The molecule has 0 spiro atoms. The van der Waals surface area contributed by atoms with Crippen molar-refractivity contribution in [2.45, 2.75) is 31.8 Å². The maximum Gasteiger partial charge on any atom is 0.255 e. The average Bonchev–Trinajstić information content (AvgIpc) is 2.30.